The maximum Gasteiger partial charge on any atom is 0.131 e. The number of aromatic nitrogens is 1. The normalized spacial score (nSPS) is 22.7. The van der Waals surface area contributed by atoms with E-state index >= 15 is 0 Å². The minimum atomic E-state index is -0.298. The average molecular weight is 519 g/mol. The van der Waals surface area contributed by atoms with Crippen molar-refractivity contribution in [2.45, 2.75) is 70.5 Å². The van der Waals surface area contributed by atoms with Crippen molar-refractivity contribution in [3.8, 4) is 11.1 Å². The van der Waals surface area contributed by atoms with Gasteiger partial charge in [0.15, 0.2) is 0 Å². The molecule has 1 aliphatic carbocycles. The van der Waals surface area contributed by atoms with Crippen molar-refractivity contribution in [1.82, 2.24) is 10.3 Å². The summed E-state index contributed by atoms with van der Waals surface area (Å²) >= 11 is 6.50. The molecule has 2 fully saturated rings. The molecule has 1 aliphatic heterocycles. The molecule has 198 valence electrons. The van der Waals surface area contributed by atoms with Crippen molar-refractivity contribution in [1.29, 1.82) is 0 Å². The Kier molecular flexibility index (Phi) is 9.45. The lowest BCUT2D eigenvalue weighted by atomic mass is 9.82. The molecule has 0 amide bonds. The summed E-state index contributed by atoms with van der Waals surface area (Å²) in [6, 6.07) is 8.21. The Morgan fingerprint density at radius 3 is 2.58 bits per heavy atom. The molecule has 2 aromatic rings. The number of pyridine rings is 1. The Morgan fingerprint density at radius 2 is 1.86 bits per heavy atom. The maximum atomic E-state index is 14.9. The Bertz CT molecular complexity index is 994. The molecule has 0 bridgehead atoms. The van der Waals surface area contributed by atoms with E-state index in [0.29, 0.717) is 34.3 Å². The van der Waals surface area contributed by atoms with Crippen LogP contribution >= 0.6 is 11.6 Å². The molecule has 0 spiro atoms. The number of anilines is 2. The quantitative estimate of drug-likeness (QED) is 0.352. The lowest BCUT2D eigenvalue weighted by Gasteiger charge is -2.34. The summed E-state index contributed by atoms with van der Waals surface area (Å²) in [5.74, 6) is 0.430. The number of hydrogen-bond donors (Lipinski definition) is 3. The summed E-state index contributed by atoms with van der Waals surface area (Å²) < 4.78 is 25.7. The molecule has 1 aromatic carbocycles. The summed E-state index contributed by atoms with van der Waals surface area (Å²) in [4.78, 5) is 4.48. The fourth-order valence-electron chi connectivity index (χ4n) is 5.24. The van der Waals surface area contributed by atoms with Crippen LogP contribution in [0.5, 0.6) is 0 Å². The van der Waals surface area contributed by atoms with Crippen LogP contribution in [0.2, 0.25) is 5.02 Å². The van der Waals surface area contributed by atoms with E-state index in [2.05, 4.69) is 34.8 Å². The number of halogens is 2. The van der Waals surface area contributed by atoms with E-state index in [9.17, 15) is 4.39 Å². The number of hydrogen-bond acceptors (Lipinski definition) is 6. The van der Waals surface area contributed by atoms with Crippen molar-refractivity contribution in [2.75, 3.05) is 44.1 Å². The van der Waals surface area contributed by atoms with Crippen LogP contribution in [0.3, 0.4) is 0 Å². The predicted molar refractivity (Wildman–Crippen MR) is 145 cm³/mol. The number of nitrogens with one attached hydrogen (secondary N) is 3. The van der Waals surface area contributed by atoms with Crippen LogP contribution < -0.4 is 16.0 Å². The van der Waals surface area contributed by atoms with Crippen LogP contribution in [0.4, 0.5) is 15.9 Å². The zero-order chi connectivity index (χ0) is 25.5. The molecule has 1 atom stereocenters. The predicted octanol–water partition coefficient (Wildman–Crippen LogP) is 6.12. The fourth-order valence-corrected chi connectivity index (χ4v) is 5.44. The standard InChI is InChI=1S/C28H40ClFN4O2/c1-19(17-35-3)33-20-4-6-21(7-5-20)34-27-15-23(25(29)16-31-27)24-14-22(8-9-26(24)30)32-18-28(2)10-12-36-13-11-28/h8-9,14-16,19-21,32-33H,4-7,10-13,17-18H2,1-3H3,(H,31,34)/t19-,20-,21-/m1/s1. The molecule has 6 nitrogen and oxygen atoms in total. The first-order valence-electron chi connectivity index (χ1n) is 13.1. The van der Waals surface area contributed by atoms with E-state index in [-0.39, 0.29) is 11.2 Å². The van der Waals surface area contributed by atoms with Gasteiger partial charge < -0.3 is 25.4 Å². The molecule has 8 heteroatoms. The Hall–Kier alpha value is -1.93. The zero-order valence-corrected chi connectivity index (χ0v) is 22.5. The highest BCUT2D eigenvalue weighted by molar-refractivity contribution is 6.33. The number of ether oxygens (including phenoxy) is 2. The van der Waals surface area contributed by atoms with Gasteiger partial charge in [-0.15, -0.1) is 0 Å². The Balaban J connectivity index is 1.40. The van der Waals surface area contributed by atoms with E-state index in [1.165, 1.54) is 6.07 Å². The van der Waals surface area contributed by atoms with E-state index in [1.807, 2.05) is 12.1 Å². The minimum absolute atomic E-state index is 0.175. The van der Waals surface area contributed by atoms with Crippen LogP contribution in [0.1, 0.15) is 52.4 Å². The Morgan fingerprint density at radius 1 is 1.14 bits per heavy atom. The molecule has 36 heavy (non-hydrogen) atoms. The van der Waals surface area contributed by atoms with Gasteiger partial charge in [-0.25, -0.2) is 9.37 Å². The summed E-state index contributed by atoms with van der Waals surface area (Å²) in [5, 5.41) is 11.1. The van der Waals surface area contributed by atoms with E-state index < -0.39 is 0 Å². The third-order valence-electron chi connectivity index (χ3n) is 7.55. The largest absolute Gasteiger partial charge is 0.384 e. The van der Waals surface area contributed by atoms with Gasteiger partial charge in [-0.2, -0.15) is 0 Å². The van der Waals surface area contributed by atoms with Crippen molar-refractivity contribution < 1.29 is 13.9 Å². The molecule has 3 N–H and O–H groups in total. The highest BCUT2D eigenvalue weighted by atomic mass is 35.5. The molecule has 2 heterocycles. The molecule has 2 aliphatic rings. The third-order valence-corrected chi connectivity index (χ3v) is 7.85. The SMILES string of the molecule is COC[C@@H](C)N[C@H]1CC[C@H](Nc2cc(-c3cc(NCC4(C)CCOCC4)ccc3F)c(Cl)cn2)CC1. The maximum absolute atomic E-state index is 14.9. The molecule has 0 unspecified atom stereocenters. The Labute approximate surface area is 219 Å². The van der Waals surface area contributed by atoms with Gasteiger partial charge >= 0.3 is 0 Å². The second-order valence-corrected chi connectivity index (χ2v) is 11.1. The van der Waals surface area contributed by atoms with Crippen molar-refractivity contribution in [2.24, 2.45) is 5.41 Å². The van der Waals surface area contributed by atoms with E-state index in [4.69, 9.17) is 21.1 Å². The van der Waals surface area contributed by atoms with Crippen LogP contribution in [0.15, 0.2) is 30.5 Å². The first kappa shape index (κ1) is 27.1. The van der Waals surface area contributed by atoms with Gasteiger partial charge in [0.1, 0.15) is 11.6 Å². The van der Waals surface area contributed by atoms with Gasteiger partial charge in [-0.1, -0.05) is 18.5 Å². The molecular weight excluding hydrogens is 479 g/mol. The molecule has 1 saturated carbocycles. The van der Waals surface area contributed by atoms with Crippen LogP contribution in [0, 0.1) is 11.2 Å². The highest BCUT2D eigenvalue weighted by Crippen LogP contribution is 2.35. The average Bonchev–Trinajstić information content (AvgIpc) is 2.87. The number of rotatable bonds is 10. The van der Waals surface area contributed by atoms with E-state index in [0.717, 1.165) is 76.4 Å². The molecule has 0 radical (unpaired) electrons. The van der Waals surface area contributed by atoms with Crippen molar-refractivity contribution in [3.05, 3.63) is 41.3 Å². The molecule has 4 rings (SSSR count). The van der Waals surface area contributed by atoms with Crippen molar-refractivity contribution >= 4 is 23.1 Å². The van der Waals surface area contributed by atoms with Gasteiger partial charge in [0.05, 0.1) is 11.6 Å². The summed E-state index contributed by atoms with van der Waals surface area (Å²) in [7, 11) is 1.73. The number of benzene rings is 1. The monoisotopic (exact) mass is 518 g/mol. The number of methoxy groups -OCH3 is 1. The highest BCUT2D eigenvalue weighted by Gasteiger charge is 2.27. The lowest BCUT2D eigenvalue weighted by molar-refractivity contribution is 0.0300. The third kappa shape index (κ3) is 7.31. The van der Waals surface area contributed by atoms with Gasteiger partial charge in [0.25, 0.3) is 0 Å². The first-order chi connectivity index (χ1) is 17.3. The minimum Gasteiger partial charge on any atom is -0.384 e. The van der Waals surface area contributed by atoms with Gasteiger partial charge in [0.2, 0.25) is 0 Å². The molecular formula is C28H40ClFN4O2. The molecule has 1 aromatic heterocycles. The van der Waals surface area contributed by atoms with Gasteiger partial charge in [0, 0.05) is 68.0 Å². The summed E-state index contributed by atoms with van der Waals surface area (Å²) in [6.07, 6.45) is 7.94. The van der Waals surface area contributed by atoms with Crippen LogP contribution in [0.25, 0.3) is 11.1 Å². The number of nitrogens with zero attached hydrogens (tertiary/aromatic N) is 1. The molecule has 1 saturated heterocycles. The van der Waals surface area contributed by atoms with E-state index in [1.54, 1.807) is 19.4 Å². The smallest absolute Gasteiger partial charge is 0.131 e. The van der Waals surface area contributed by atoms with Gasteiger partial charge in [-0.05, 0) is 75.1 Å². The fraction of sp³-hybridized carbons (Fsp3) is 0.607. The lowest BCUT2D eigenvalue weighted by Crippen LogP contribution is -2.42. The van der Waals surface area contributed by atoms with Crippen molar-refractivity contribution in [3.63, 3.8) is 0 Å². The van der Waals surface area contributed by atoms with Crippen LogP contribution in [-0.2, 0) is 9.47 Å². The topological polar surface area (TPSA) is 67.4 Å². The zero-order valence-electron chi connectivity index (χ0n) is 21.7. The van der Waals surface area contributed by atoms with Crippen LogP contribution in [-0.4, -0.2) is 56.6 Å². The van der Waals surface area contributed by atoms with Gasteiger partial charge in [-0.3, -0.25) is 0 Å². The summed E-state index contributed by atoms with van der Waals surface area (Å²) in [5.41, 5.74) is 2.19. The second kappa shape index (κ2) is 12.5. The summed E-state index contributed by atoms with van der Waals surface area (Å²) in [6.45, 7) is 7.55. The second-order valence-electron chi connectivity index (χ2n) is 10.7. The first-order valence-corrected chi connectivity index (χ1v) is 13.5.